The molecular formula is C11H10F14. The molecular weight excluding hydrogens is 398 g/mol. The van der Waals surface area contributed by atoms with Crippen LogP contribution >= 0.6 is 0 Å². The molecule has 0 bridgehead atoms. The first-order chi connectivity index (χ1) is 10.6. The molecule has 0 saturated heterocycles. The summed E-state index contributed by atoms with van der Waals surface area (Å²) in [7, 11) is 0. The summed E-state index contributed by atoms with van der Waals surface area (Å²) >= 11 is 0. The van der Waals surface area contributed by atoms with Gasteiger partial charge in [0, 0.05) is 13.3 Å². The smallest absolute Gasteiger partial charge is 0.200 e. The Balaban J connectivity index is 6.40. The van der Waals surface area contributed by atoms with E-state index in [0.717, 1.165) is 0 Å². The zero-order valence-corrected chi connectivity index (χ0v) is 12.2. The predicted octanol–water partition coefficient (Wildman–Crippen LogP) is 6.25. The molecule has 0 rings (SSSR count). The van der Waals surface area contributed by atoms with E-state index < -0.39 is 61.2 Å². The van der Waals surface area contributed by atoms with E-state index in [1.54, 1.807) is 0 Å². The Kier molecular flexibility index (Phi) is 5.79. The van der Waals surface area contributed by atoms with Gasteiger partial charge < -0.3 is 0 Å². The van der Waals surface area contributed by atoms with E-state index in [4.69, 9.17) is 0 Å². The maximum atomic E-state index is 13.2. The highest BCUT2D eigenvalue weighted by Crippen LogP contribution is 2.62. The summed E-state index contributed by atoms with van der Waals surface area (Å²) in [5, 5.41) is 0. The third-order valence-corrected chi connectivity index (χ3v) is 3.15. The summed E-state index contributed by atoms with van der Waals surface area (Å²) in [6, 6.07) is 0. The first-order valence-corrected chi connectivity index (χ1v) is 6.21. The quantitative estimate of drug-likeness (QED) is 0.417. The van der Waals surface area contributed by atoms with Crippen LogP contribution in [-0.4, -0.2) is 41.5 Å². The van der Waals surface area contributed by atoms with E-state index in [9.17, 15) is 61.5 Å². The van der Waals surface area contributed by atoms with Gasteiger partial charge in [-0.15, -0.1) is 0 Å². The molecule has 0 nitrogen and oxygen atoms in total. The molecule has 0 aromatic rings. The fraction of sp³-hybridized carbons (Fsp3) is 1.00. The van der Waals surface area contributed by atoms with Crippen LogP contribution < -0.4 is 0 Å². The minimum Gasteiger partial charge on any atom is -0.200 e. The lowest BCUT2D eigenvalue weighted by molar-refractivity contribution is -0.440. The van der Waals surface area contributed by atoms with Crippen molar-refractivity contribution in [2.24, 2.45) is 0 Å². The highest BCUT2D eigenvalue weighted by atomic mass is 19.4. The molecule has 14 heteroatoms. The third-order valence-electron chi connectivity index (χ3n) is 3.15. The van der Waals surface area contributed by atoms with Crippen molar-refractivity contribution in [3.8, 4) is 0 Å². The molecule has 0 radical (unpaired) electrons. The summed E-state index contributed by atoms with van der Waals surface area (Å²) in [6.07, 6.45) is -3.21. The van der Waals surface area contributed by atoms with Gasteiger partial charge in [0.15, 0.2) is 0 Å². The summed E-state index contributed by atoms with van der Waals surface area (Å²) < 4.78 is 181. The van der Waals surface area contributed by atoms with Crippen LogP contribution in [0.3, 0.4) is 0 Å². The van der Waals surface area contributed by atoms with Crippen molar-refractivity contribution < 1.29 is 61.5 Å². The van der Waals surface area contributed by atoms with E-state index in [-0.39, 0.29) is 0 Å². The Labute approximate surface area is 131 Å². The molecule has 152 valence electrons. The first kappa shape index (κ1) is 24.0. The van der Waals surface area contributed by atoms with Gasteiger partial charge in [-0.05, 0) is 0 Å². The Morgan fingerprint density at radius 3 is 1.04 bits per heavy atom. The lowest BCUT2D eigenvalue weighted by Crippen LogP contribution is -2.72. The van der Waals surface area contributed by atoms with Gasteiger partial charge in [0.2, 0.25) is 0 Å². The van der Waals surface area contributed by atoms with Crippen LogP contribution in [0.15, 0.2) is 0 Å². The number of hydrogen-bond donors (Lipinski definition) is 0. The van der Waals surface area contributed by atoms with Gasteiger partial charge in [-0.2, -0.15) is 61.5 Å². The van der Waals surface area contributed by atoms with Gasteiger partial charge in [0.05, 0.1) is 0 Å². The van der Waals surface area contributed by atoms with Crippen molar-refractivity contribution >= 4 is 0 Å². The largest absolute Gasteiger partial charge is 0.384 e. The van der Waals surface area contributed by atoms with Crippen molar-refractivity contribution in [1.29, 1.82) is 0 Å². The van der Waals surface area contributed by atoms with Crippen LogP contribution in [0.4, 0.5) is 61.5 Å². The summed E-state index contributed by atoms with van der Waals surface area (Å²) in [6.45, 7) is -0.361. The van der Waals surface area contributed by atoms with E-state index in [0.29, 0.717) is 6.92 Å². The normalized spacial score (nSPS) is 16.3. The fourth-order valence-electron chi connectivity index (χ4n) is 1.57. The molecule has 25 heavy (non-hydrogen) atoms. The van der Waals surface area contributed by atoms with Crippen LogP contribution in [0.25, 0.3) is 0 Å². The van der Waals surface area contributed by atoms with Crippen LogP contribution in [0.1, 0.15) is 26.7 Å². The minimum absolute atomic E-state index is 0.709. The second kappa shape index (κ2) is 6.03. The molecule has 0 saturated carbocycles. The molecule has 0 aliphatic carbocycles. The van der Waals surface area contributed by atoms with Crippen molar-refractivity contribution in [2.75, 3.05) is 0 Å². The standard InChI is InChI=1S/C11H10F14/c1-3-4-6(14,15)8(18,19)10(22,23)11(24,25)9(20,21)7(16,17)5(2,12)13/h3-4H2,1-2H3. The molecule has 0 spiro atoms. The van der Waals surface area contributed by atoms with Crippen molar-refractivity contribution in [3.63, 3.8) is 0 Å². The fourth-order valence-corrected chi connectivity index (χ4v) is 1.57. The van der Waals surface area contributed by atoms with Crippen LogP contribution in [0.5, 0.6) is 0 Å². The number of halogens is 14. The summed E-state index contributed by atoms with van der Waals surface area (Å²) in [5.41, 5.74) is 0. The SMILES string of the molecule is CCCC(F)(F)C(F)(F)C(F)(F)C(F)(F)C(F)(F)C(F)(F)C(C)(F)F. The second-order valence-corrected chi connectivity index (χ2v) is 5.21. The Morgan fingerprint density at radius 2 is 0.760 bits per heavy atom. The number of alkyl halides is 14. The van der Waals surface area contributed by atoms with E-state index in [1.807, 2.05) is 0 Å². The lowest BCUT2D eigenvalue weighted by atomic mass is 9.88. The molecule has 0 unspecified atom stereocenters. The van der Waals surface area contributed by atoms with Crippen molar-refractivity contribution in [2.45, 2.75) is 68.1 Å². The predicted molar refractivity (Wildman–Crippen MR) is 55.2 cm³/mol. The highest BCUT2D eigenvalue weighted by molar-refractivity contribution is 5.13. The molecule has 0 N–H and O–H groups in total. The Hall–Kier alpha value is -0.980. The first-order valence-electron chi connectivity index (χ1n) is 6.21. The van der Waals surface area contributed by atoms with Gasteiger partial charge >= 0.3 is 41.5 Å². The van der Waals surface area contributed by atoms with Gasteiger partial charge in [-0.25, -0.2) is 0 Å². The van der Waals surface area contributed by atoms with Crippen LogP contribution in [-0.2, 0) is 0 Å². The van der Waals surface area contributed by atoms with E-state index >= 15 is 0 Å². The van der Waals surface area contributed by atoms with E-state index in [2.05, 4.69) is 0 Å². The molecule has 0 amide bonds. The zero-order chi connectivity index (χ0) is 20.9. The molecule has 0 aliphatic rings. The topological polar surface area (TPSA) is 0 Å². The van der Waals surface area contributed by atoms with Crippen LogP contribution in [0.2, 0.25) is 0 Å². The average Bonchev–Trinajstić information content (AvgIpc) is 2.35. The molecule has 0 atom stereocenters. The maximum absolute atomic E-state index is 13.2. The Bertz CT molecular complexity index is 472. The maximum Gasteiger partial charge on any atom is 0.384 e. The van der Waals surface area contributed by atoms with Gasteiger partial charge in [0.25, 0.3) is 0 Å². The highest BCUT2D eigenvalue weighted by Gasteiger charge is 2.92. The average molecular weight is 408 g/mol. The van der Waals surface area contributed by atoms with Gasteiger partial charge in [-0.3, -0.25) is 0 Å². The summed E-state index contributed by atoms with van der Waals surface area (Å²) in [4.78, 5) is 0. The zero-order valence-electron chi connectivity index (χ0n) is 12.2. The van der Waals surface area contributed by atoms with Crippen LogP contribution in [0, 0.1) is 0 Å². The van der Waals surface area contributed by atoms with Gasteiger partial charge in [-0.1, -0.05) is 13.3 Å². The molecule has 0 aromatic heterocycles. The number of rotatable bonds is 8. The number of hydrogen-bond acceptors (Lipinski definition) is 0. The lowest BCUT2D eigenvalue weighted by Gasteiger charge is -2.42. The van der Waals surface area contributed by atoms with Crippen molar-refractivity contribution in [3.05, 3.63) is 0 Å². The Morgan fingerprint density at radius 1 is 0.480 bits per heavy atom. The second-order valence-electron chi connectivity index (χ2n) is 5.21. The summed E-state index contributed by atoms with van der Waals surface area (Å²) in [5.74, 6) is -50.1. The third kappa shape index (κ3) is 3.13. The molecule has 0 heterocycles. The minimum atomic E-state index is -7.95. The molecule has 0 aromatic carbocycles. The molecule has 0 fully saturated rings. The van der Waals surface area contributed by atoms with Crippen molar-refractivity contribution in [1.82, 2.24) is 0 Å². The van der Waals surface area contributed by atoms with E-state index in [1.165, 1.54) is 0 Å². The molecule has 0 aliphatic heterocycles. The monoisotopic (exact) mass is 408 g/mol. The van der Waals surface area contributed by atoms with Gasteiger partial charge in [0.1, 0.15) is 0 Å².